The van der Waals surface area contributed by atoms with Crippen LogP contribution < -0.4 is 14.2 Å². The third-order valence-electron chi connectivity index (χ3n) is 5.27. The Kier molecular flexibility index (Phi) is 4.72. The normalized spacial score (nSPS) is 19.8. The van der Waals surface area contributed by atoms with Crippen LogP contribution in [0.25, 0.3) is 0 Å². The molecule has 0 saturated carbocycles. The largest absolute Gasteiger partial charge is 0.493 e. The molecule has 5 nitrogen and oxygen atoms in total. The second-order valence-corrected chi connectivity index (χ2v) is 8.66. The molecule has 2 aliphatic heterocycles. The van der Waals surface area contributed by atoms with Crippen LogP contribution in [0, 0.1) is 0 Å². The molecule has 2 atom stereocenters. The van der Waals surface area contributed by atoms with E-state index in [9.17, 15) is 0 Å². The first-order chi connectivity index (χ1) is 14.2. The van der Waals surface area contributed by atoms with E-state index >= 15 is 0 Å². The summed E-state index contributed by atoms with van der Waals surface area (Å²) in [4.78, 5) is 1.20. The molecule has 0 fully saturated rings. The number of fused-ring (bicyclic) bond motifs is 3. The minimum absolute atomic E-state index is 0.127. The Morgan fingerprint density at radius 1 is 1.07 bits per heavy atom. The molecule has 0 radical (unpaired) electrons. The average molecular weight is 471 g/mol. The zero-order valence-electron chi connectivity index (χ0n) is 16.0. The molecule has 0 saturated heterocycles. The van der Waals surface area contributed by atoms with Gasteiger partial charge in [0.05, 0.1) is 30.9 Å². The highest BCUT2D eigenvalue weighted by Gasteiger charge is 2.42. The van der Waals surface area contributed by atoms with Crippen LogP contribution >= 0.6 is 27.3 Å². The number of halogens is 1. The van der Waals surface area contributed by atoms with Crippen molar-refractivity contribution < 1.29 is 14.2 Å². The maximum Gasteiger partial charge on any atom is 0.215 e. The maximum absolute atomic E-state index is 6.45. The molecule has 2 aliphatic rings. The molecule has 148 valence electrons. The van der Waals surface area contributed by atoms with Crippen molar-refractivity contribution in [3.8, 4) is 17.2 Å². The fourth-order valence-corrected chi connectivity index (χ4v) is 5.13. The lowest BCUT2D eigenvalue weighted by atomic mass is 9.97. The van der Waals surface area contributed by atoms with Crippen molar-refractivity contribution in [1.29, 1.82) is 0 Å². The zero-order valence-corrected chi connectivity index (χ0v) is 18.4. The minimum Gasteiger partial charge on any atom is -0.493 e. The minimum atomic E-state index is -0.374. The fraction of sp³-hybridized carbons (Fsp3) is 0.227. The smallest absolute Gasteiger partial charge is 0.215 e. The van der Waals surface area contributed by atoms with Crippen LogP contribution in [-0.2, 0) is 0 Å². The number of nitrogens with zero attached hydrogens (tertiary/aromatic N) is 2. The van der Waals surface area contributed by atoms with Crippen molar-refractivity contribution in [2.75, 3.05) is 14.2 Å². The summed E-state index contributed by atoms with van der Waals surface area (Å²) in [6.45, 7) is 0. The van der Waals surface area contributed by atoms with Gasteiger partial charge >= 0.3 is 0 Å². The van der Waals surface area contributed by atoms with E-state index in [-0.39, 0.29) is 12.3 Å². The Labute approximate surface area is 181 Å². The van der Waals surface area contributed by atoms with Gasteiger partial charge in [-0.3, -0.25) is 0 Å². The van der Waals surface area contributed by atoms with Crippen LogP contribution in [0.4, 0.5) is 0 Å². The average Bonchev–Trinajstić information content (AvgIpc) is 3.43. The number of hydrazone groups is 1. The highest BCUT2D eigenvalue weighted by molar-refractivity contribution is 9.10. The molecule has 0 bridgehead atoms. The topological polar surface area (TPSA) is 43.3 Å². The van der Waals surface area contributed by atoms with Crippen LogP contribution in [0.2, 0.25) is 0 Å². The van der Waals surface area contributed by atoms with E-state index in [1.165, 1.54) is 4.88 Å². The predicted molar refractivity (Wildman–Crippen MR) is 117 cm³/mol. The lowest BCUT2D eigenvalue weighted by Gasteiger charge is -2.38. The van der Waals surface area contributed by atoms with Crippen molar-refractivity contribution in [3.05, 3.63) is 74.4 Å². The molecule has 29 heavy (non-hydrogen) atoms. The number of benzene rings is 2. The van der Waals surface area contributed by atoms with E-state index < -0.39 is 0 Å². The molecule has 7 heteroatoms. The van der Waals surface area contributed by atoms with E-state index in [1.807, 2.05) is 24.3 Å². The highest BCUT2D eigenvalue weighted by atomic mass is 79.9. The molecule has 3 heterocycles. The predicted octanol–water partition coefficient (Wildman–Crippen LogP) is 5.77. The van der Waals surface area contributed by atoms with Gasteiger partial charge < -0.3 is 14.2 Å². The maximum atomic E-state index is 6.45. The second kappa shape index (κ2) is 7.39. The quantitative estimate of drug-likeness (QED) is 0.485. The van der Waals surface area contributed by atoms with Crippen molar-refractivity contribution in [2.24, 2.45) is 5.10 Å². The van der Waals surface area contributed by atoms with Gasteiger partial charge in [0.1, 0.15) is 5.75 Å². The van der Waals surface area contributed by atoms with Gasteiger partial charge in [-0.15, -0.1) is 11.3 Å². The summed E-state index contributed by atoms with van der Waals surface area (Å²) >= 11 is 5.40. The van der Waals surface area contributed by atoms with Crippen molar-refractivity contribution in [3.63, 3.8) is 0 Å². The second-order valence-electron chi connectivity index (χ2n) is 6.86. The van der Waals surface area contributed by atoms with E-state index in [0.717, 1.165) is 33.5 Å². The van der Waals surface area contributed by atoms with Gasteiger partial charge in [-0.2, -0.15) is 5.10 Å². The molecule has 5 rings (SSSR count). The molecule has 0 N–H and O–H groups in total. The van der Waals surface area contributed by atoms with Gasteiger partial charge in [0.2, 0.25) is 6.23 Å². The number of para-hydroxylation sites is 1. The van der Waals surface area contributed by atoms with Crippen LogP contribution in [0.3, 0.4) is 0 Å². The summed E-state index contributed by atoms with van der Waals surface area (Å²) in [5, 5.41) is 9.15. The van der Waals surface area contributed by atoms with Crippen molar-refractivity contribution in [1.82, 2.24) is 5.01 Å². The van der Waals surface area contributed by atoms with Crippen LogP contribution in [0.1, 0.15) is 34.7 Å². The number of rotatable bonds is 4. The van der Waals surface area contributed by atoms with Gasteiger partial charge in [0.25, 0.3) is 0 Å². The van der Waals surface area contributed by atoms with E-state index in [1.54, 1.807) is 25.6 Å². The van der Waals surface area contributed by atoms with E-state index in [4.69, 9.17) is 19.3 Å². The lowest BCUT2D eigenvalue weighted by Crippen LogP contribution is -2.33. The SMILES string of the molecule is COc1cc(Br)c([C@@H]2Oc3ccccc3[C@@H]3CC(c4cccs4)=NN32)cc1OC. The first-order valence-electron chi connectivity index (χ1n) is 9.26. The third kappa shape index (κ3) is 3.09. The lowest BCUT2D eigenvalue weighted by molar-refractivity contribution is -0.0196. The number of hydrogen-bond acceptors (Lipinski definition) is 6. The number of methoxy groups -OCH3 is 2. The first-order valence-corrected chi connectivity index (χ1v) is 10.9. The van der Waals surface area contributed by atoms with Crippen LogP contribution in [0.15, 0.2) is 63.5 Å². The monoisotopic (exact) mass is 470 g/mol. The molecular weight excluding hydrogens is 452 g/mol. The number of hydrogen-bond donors (Lipinski definition) is 0. The Bertz CT molecular complexity index is 1080. The summed E-state index contributed by atoms with van der Waals surface area (Å²) in [7, 11) is 3.27. The molecule has 0 amide bonds. The standard InChI is InChI=1S/C22H19BrN2O3S/c1-26-19-10-14(15(23)11-20(19)27-2)22-25-17(13-6-3-4-7-18(13)28-22)12-16(24-25)21-8-5-9-29-21/h3-11,17,22H,12H2,1-2H3/t17-,22-/m0/s1. The van der Waals surface area contributed by atoms with Crippen molar-refractivity contribution >= 4 is 33.0 Å². The Morgan fingerprint density at radius 3 is 2.62 bits per heavy atom. The Hall–Kier alpha value is -2.51. The van der Waals surface area contributed by atoms with E-state index in [2.05, 4.69) is 50.6 Å². The number of ether oxygens (including phenoxy) is 3. The van der Waals surface area contributed by atoms with Crippen molar-refractivity contribution in [2.45, 2.75) is 18.7 Å². The van der Waals surface area contributed by atoms with Gasteiger partial charge in [-0.1, -0.05) is 40.2 Å². The van der Waals surface area contributed by atoms with Gasteiger partial charge in [0.15, 0.2) is 11.5 Å². The van der Waals surface area contributed by atoms with Gasteiger partial charge in [0, 0.05) is 22.0 Å². The Morgan fingerprint density at radius 2 is 1.86 bits per heavy atom. The fourth-order valence-electron chi connectivity index (χ4n) is 3.89. The Balaban J connectivity index is 1.63. The summed E-state index contributed by atoms with van der Waals surface area (Å²) in [5.74, 6) is 2.22. The molecule has 1 aromatic heterocycles. The molecular formula is C22H19BrN2O3S. The molecule has 0 unspecified atom stereocenters. The summed E-state index contributed by atoms with van der Waals surface area (Å²) < 4.78 is 18.3. The molecule has 2 aromatic carbocycles. The van der Waals surface area contributed by atoms with E-state index in [0.29, 0.717) is 11.5 Å². The first kappa shape index (κ1) is 18.5. The summed E-state index contributed by atoms with van der Waals surface area (Å²) in [6.07, 6.45) is 0.476. The van der Waals surface area contributed by atoms with Crippen LogP contribution in [-0.4, -0.2) is 24.9 Å². The molecule has 0 spiro atoms. The molecule has 0 aliphatic carbocycles. The highest BCUT2D eigenvalue weighted by Crippen LogP contribution is 2.49. The summed E-state index contributed by atoms with van der Waals surface area (Å²) in [5.41, 5.74) is 3.20. The molecule has 3 aromatic rings. The zero-order chi connectivity index (χ0) is 20.0. The van der Waals surface area contributed by atoms with Gasteiger partial charge in [-0.05, 0) is 29.6 Å². The van der Waals surface area contributed by atoms with Crippen LogP contribution in [0.5, 0.6) is 17.2 Å². The third-order valence-corrected chi connectivity index (χ3v) is 6.88. The number of thiophene rings is 1. The summed E-state index contributed by atoms with van der Waals surface area (Å²) in [6, 6.07) is 16.4. The van der Waals surface area contributed by atoms with Gasteiger partial charge in [-0.25, -0.2) is 5.01 Å².